The number of carbonyl (C=O) groups excluding carboxylic acids is 4. The Morgan fingerprint density at radius 1 is 0.309 bits per heavy atom. The van der Waals surface area contributed by atoms with Crippen LogP contribution in [-0.2, 0) is 65.4 Å². The van der Waals surface area contributed by atoms with E-state index in [0.717, 1.165) is 180 Å². The van der Waals surface area contributed by atoms with Crippen LogP contribution in [0.2, 0.25) is 0 Å². The Morgan fingerprint density at radius 3 is 0.862 bits per heavy atom. The van der Waals surface area contributed by atoms with E-state index >= 15 is 0 Å². The van der Waals surface area contributed by atoms with Crippen molar-refractivity contribution in [2.75, 3.05) is 39.6 Å². The standard InChI is InChI=1S/C75H128O17P2/c1-5-9-13-17-21-25-29-31-33-34-36-37-41-44-48-52-56-60-73(78)86-66-71(92-75(80)62-58-54-50-46-42-38-35-32-30-26-22-18-14-10-6-2)68-90-94(83,84)88-64-69(76)63-87-93(81,82)89-67-70(91-74(79)61-57-53-49-45-40-28-24-20-16-12-8-4)65-85-72(77)59-55-51-47-43-39-27-23-19-15-11-7-3/h9-10,13-14,19-26,31-33,35-37,69-71,76H,5-8,11-12,15-18,27-30,34,38-68H2,1-4H3,(H,81,82)(H,83,84)/b13-9-,14-10-,23-19-,24-20-,25-21-,26-22-,33-31-,35-32-,37-36-. The lowest BCUT2D eigenvalue weighted by atomic mass is 10.1. The van der Waals surface area contributed by atoms with Crippen LogP contribution in [0.5, 0.6) is 0 Å². The van der Waals surface area contributed by atoms with Gasteiger partial charge in [0.05, 0.1) is 26.4 Å². The minimum atomic E-state index is -4.98. The topological polar surface area (TPSA) is 237 Å². The summed E-state index contributed by atoms with van der Waals surface area (Å²) >= 11 is 0. The number of carbonyl (C=O) groups is 4. The summed E-state index contributed by atoms with van der Waals surface area (Å²) in [5.41, 5.74) is 0. The first-order chi connectivity index (χ1) is 45.7. The van der Waals surface area contributed by atoms with Gasteiger partial charge in [0.1, 0.15) is 19.3 Å². The second-order valence-electron chi connectivity index (χ2n) is 23.8. The Labute approximate surface area is 569 Å². The molecule has 19 heteroatoms. The number of hydrogen-bond acceptors (Lipinski definition) is 15. The molecule has 5 atom stereocenters. The van der Waals surface area contributed by atoms with Crippen molar-refractivity contribution in [3.8, 4) is 0 Å². The molecule has 3 N–H and O–H groups in total. The van der Waals surface area contributed by atoms with Gasteiger partial charge in [-0.3, -0.25) is 37.3 Å². The van der Waals surface area contributed by atoms with E-state index in [0.29, 0.717) is 25.7 Å². The molecule has 0 saturated heterocycles. The number of unbranched alkanes of at least 4 members (excludes halogenated alkanes) is 23. The average Bonchev–Trinajstić information content (AvgIpc) is 1.29. The van der Waals surface area contributed by atoms with Crippen LogP contribution < -0.4 is 0 Å². The number of aliphatic hydroxyl groups excluding tert-OH is 1. The molecule has 94 heavy (non-hydrogen) atoms. The molecule has 0 aliphatic heterocycles. The molecule has 0 heterocycles. The van der Waals surface area contributed by atoms with Gasteiger partial charge in [-0.25, -0.2) is 9.13 Å². The highest BCUT2D eigenvalue weighted by molar-refractivity contribution is 7.47. The van der Waals surface area contributed by atoms with Crippen molar-refractivity contribution < 1.29 is 80.2 Å². The van der Waals surface area contributed by atoms with Gasteiger partial charge in [-0.1, -0.05) is 233 Å². The molecule has 0 bridgehead atoms. The summed E-state index contributed by atoms with van der Waals surface area (Å²) in [4.78, 5) is 72.6. The molecule has 0 amide bonds. The molecule has 0 aliphatic rings. The van der Waals surface area contributed by atoms with E-state index in [2.05, 4.69) is 137 Å². The first-order valence-corrected chi connectivity index (χ1v) is 39.1. The maximum atomic E-state index is 13.0. The highest BCUT2D eigenvalue weighted by Crippen LogP contribution is 2.45. The fourth-order valence-electron chi connectivity index (χ4n) is 9.19. The van der Waals surface area contributed by atoms with Crippen LogP contribution in [0, 0.1) is 0 Å². The molecule has 0 saturated carbocycles. The average molecular weight is 1360 g/mol. The second-order valence-corrected chi connectivity index (χ2v) is 26.7. The Kier molecular flexibility index (Phi) is 64.2. The molecule has 17 nitrogen and oxygen atoms in total. The molecule has 0 radical (unpaired) electrons. The van der Waals surface area contributed by atoms with Crippen LogP contribution >= 0.6 is 15.6 Å². The summed E-state index contributed by atoms with van der Waals surface area (Å²) in [5, 5.41) is 10.6. The summed E-state index contributed by atoms with van der Waals surface area (Å²) in [6.45, 7) is 4.49. The van der Waals surface area contributed by atoms with Gasteiger partial charge in [-0.15, -0.1) is 0 Å². The van der Waals surface area contributed by atoms with E-state index in [1.165, 1.54) is 25.7 Å². The van der Waals surface area contributed by atoms with Crippen LogP contribution in [0.3, 0.4) is 0 Å². The van der Waals surface area contributed by atoms with E-state index in [1.807, 2.05) is 0 Å². The van der Waals surface area contributed by atoms with Crippen molar-refractivity contribution in [1.82, 2.24) is 0 Å². The minimum Gasteiger partial charge on any atom is -0.462 e. The van der Waals surface area contributed by atoms with E-state index < -0.39 is 97.5 Å². The number of hydrogen-bond donors (Lipinski definition) is 3. The van der Waals surface area contributed by atoms with Crippen LogP contribution in [-0.4, -0.2) is 96.7 Å². The van der Waals surface area contributed by atoms with Gasteiger partial charge in [0.25, 0.3) is 0 Å². The molecule has 0 fully saturated rings. The molecule has 0 aromatic rings. The largest absolute Gasteiger partial charge is 0.472 e. The quantitative estimate of drug-likeness (QED) is 0.0169. The lowest BCUT2D eigenvalue weighted by Gasteiger charge is -2.21. The fraction of sp³-hybridized carbons (Fsp3) is 0.707. The molecule has 0 aliphatic carbocycles. The molecule has 0 aromatic carbocycles. The number of aliphatic hydroxyl groups is 1. The van der Waals surface area contributed by atoms with Gasteiger partial charge in [-0.2, -0.15) is 0 Å². The number of allylic oxidation sites excluding steroid dienone is 18. The SMILES string of the molecule is CC/C=C\C/C=C\C/C=C\C/C=C\CCCCCCC(=O)OCC(COP(=O)(O)OCC(O)COP(=O)(O)OCC(COC(=O)CCCCCCC/C=C\CCCC)OC(=O)CCCCCCC/C=C\CCCC)OC(=O)CCCCCCC/C=C\C/C=C\C/C=C\CC. The number of ether oxygens (including phenoxy) is 4. The number of esters is 4. The normalized spacial score (nSPS) is 14.7. The molecule has 0 spiro atoms. The van der Waals surface area contributed by atoms with Crippen LogP contribution in [0.25, 0.3) is 0 Å². The zero-order valence-electron chi connectivity index (χ0n) is 58.6. The third-order valence-corrected chi connectivity index (χ3v) is 16.6. The summed E-state index contributed by atoms with van der Waals surface area (Å²) < 4.78 is 68.2. The molecular weight excluding hydrogens is 1230 g/mol. The first-order valence-electron chi connectivity index (χ1n) is 36.1. The number of phosphoric ester groups is 2. The summed E-state index contributed by atoms with van der Waals surface area (Å²) in [6, 6.07) is 0. The molecule has 5 unspecified atom stereocenters. The van der Waals surface area contributed by atoms with Gasteiger partial charge < -0.3 is 33.8 Å². The lowest BCUT2D eigenvalue weighted by Crippen LogP contribution is -2.30. The Balaban J connectivity index is 5.36. The van der Waals surface area contributed by atoms with Gasteiger partial charge in [0.15, 0.2) is 12.2 Å². The van der Waals surface area contributed by atoms with Crippen molar-refractivity contribution in [1.29, 1.82) is 0 Å². The van der Waals surface area contributed by atoms with Crippen LogP contribution in [0.15, 0.2) is 109 Å². The highest BCUT2D eigenvalue weighted by atomic mass is 31.2. The van der Waals surface area contributed by atoms with Crippen molar-refractivity contribution in [2.45, 2.75) is 303 Å². The van der Waals surface area contributed by atoms with Gasteiger partial charge in [-0.05, 0) is 135 Å². The summed E-state index contributed by atoms with van der Waals surface area (Å²) in [5.74, 6) is -2.24. The fourth-order valence-corrected chi connectivity index (χ4v) is 10.8. The summed E-state index contributed by atoms with van der Waals surface area (Å²) in [7, 11) is -9.95. The van der Waals surface area contributed by atoms with E-state index in [1.54, 1.807) is 0 Å². The van der Waals surface area contributed by atoms with Gasteiger partial charge >= 0.3 is 39.5 Å². The monoisotopic (exact) mass is 1360 g/mol. The van der Waals surface area contributed by atoms with E-state index in [9.17, 15) is 43.2 Å². The Hall–Kier alpha value is -4.28. The predicted octanol–water partition coefficient (Wildman–Crippen LogP) is 20.2. The maximum Gasteiger partial charge on any atom is 0.472 e. The van der Waals surface area contributed by atoms with Crippen molar-refractivity contribution in [2.24, 2.45) is 0 Å². The number of phosphoric acid groups is 2. The highest BCUT2D eigenvalue weighted by Gasteiger charge is 2.30. The van der Waals surface area contributed by atoms with Gasteiger partial charge in [0, 0.05) is 25.7 Å². The lowest BCUT2D eigenvalue weighted by molar-refractivity contribution is -0.161. The zero-order valence-corrected chi connectivity index (χ0v) is 60.4. The van der Waals surface area contributed by atoms with Crippen molar-refractivity contribution >= 4 is 39.5 Å². The molecule has 0 rings (SSSR count). The Bertz CT molecular complexity index is 2220. The van der Waals surface area contributed by atoms with E-state index in [-0.39, 0.29) is 25.7 Å². The minimum absolute atomic E-state index is 0.0679. The predicted molar refractivity (Wildman–Crippen MR) is 381 cm³/mol. The third kappa shape index (κ3) is 66.3. The molecular formula is C75H128O17P2. The smallest absolute Gasteiger partial charge is 0.462 e. The third-order valence-electron chi connectivity index (χ3n) is 14.7. The van der Waals surface area contributed by atoms with Gasteiger partial charge in [0.2, 0.25) is 0 Å². The van der Waals surface area contributed by atoms with Crippen LogP contribution in [0.1, 0.15) is 285 Å². The maximum absolute atomic E-state index is 13.0. The van der Waals surface area contributed by atoms with Crippen LogP contribution in [0.4, 0.5) is 0 Å². The summed E-state index contributed by atoms with van der Waals surface area (Å²) in [6.07, 6.45) is 69.6. The first kappa shape index (κ1) is 89.7. The molecule has 0 aromatic heterocycles. The second kappa shape index (κ2) is 67.3. The molecule has 540 valence electrons. The Morgan fingerprint density at radius 2 is 0.553 bits per heavy atom. The van der Waals surface area contributed by atoms with Crippen molar-refractivity contribution in [3.63, 3.8) is 0 Å². The number of rotatable bonds is 67. The zero-order chi connectivity index (χ0) is 69.0. The van der Waals surface area contributed by atoms with E-state index in [4.69, 9.17) is 37.0 Å². The van der Waals surface area contributed by atoms with Crippen molar-refractivity contribution in [3.05, 3.63) is 109 Å².